The lowest BCUT2D eigenvalue weighted by Gasteiger charge is -2.17. The van der Waals surface area contributed by atoms with E-state index in [0.29, 0.717) is 21.7 Å². The van der Waals surface area contributed by atoms with Crippen LogP contribution in [0, 0.1) is 0 Å². The molecule has 1 aromatic carbocycles. The summed E-state index contributed by atoms with van der Waals surface area (Å²) in [4.78, 5) is 39.8. The molecule has 0 unspecified atom stereocenters. The smallest absolute Gasteiger partial charge is 0.322 e. The standard InChI is InChI=1S/C19H16ClN3O5/c20-12-4-5-15-11(7-12)8-16(28-15)19(27)23-14(18(26)22-10-17(24)25)9-13-3-1-2-6-21-13/h1-8,14H,9-10H2,(H,22,26)(H,23,27)(H,24,25)/t14-/m0/s1. The Morgan fingerprint density at radius 2 is 2.00 bits per heavy atom. The monoisotopic (exact) mass is 401 g/mol. The number of carbonyl (C=O) groups is 3. The quantitative estimate of drug-likeness (QED) is 0.557. The van der Waals surface area contributed by atoms with Crippen molar-refractivity contribution in [3.05, 3.63) is 65.1 Å². The third-order valence-electron chi connectivity index (χ3n) is 3.88. The number of carbonyl (C=O) groups excluding carboxylic acids is 2. The number of halogens is 1. The highest BCUT2D eigenvalue weighted by atomic mass is 35.5. The maximum Gasteiger partial charge on any atom is 0.322 e. The Morgan fingerprint density at radius 1 is 1.18 bits per heavy atom. The van der Waals surface area contributed by atoms with Gasteiger partial charge >= 0.3 is 5.97 Å². The lowest BCUT2D eigenvalue weighted by molar-refractivity contribution is -0.138. The molecule has 9 heteroatoms. The fourth-order valence-electron chi connectivity index (χ4n) is 2.58. The van der Waals surface area contributed by atoms with Crippen LogP contribution >= 0.6 is 11.6 Å². The molecule has 0 spiro atoms. The Morgan fingerprint density at radius 3 is 2.71 bits per heavy atom. The molecule has 3 rings (SSSR count). The highest BCUT2D eigenvalue weighted by molar-refractivity contribution is 6.31. The van der Waals surface area contributed by atoms with Gasteiger partial charge in [0.25, 0.3) is 5.91 Å². The van der Waals surface area contributed by atoms with Crippen molar-refractivity contribution < 1.29 is 23.9 Å². The van der Waals surface area contributed by atoms with Crippen molar-refractivity contribution in [2.24, 2.45) is 0 Å². The number of hydrogen-bond acceptors (Lipinski definition) is 5. The third kappa shape index (κ3) is 4.86. The number of carboxylic acids is 1. The second-order valence-corrected chi connectivity index (χ2v) is 6.39. The number of nitrogens with zero attached hydrogens (tertiary/aromatic N) is 1. The molecule has 0 fully saturated rings. The number of furan rings is 1. The van der Waals surface area contributed by atoms with Gasteiger partial charge in [0.1, 0.15) is 18.2 Å². The van der Waals surface area contributed by atoms with Gasteiger partial charge in [-0.2, -0.15) is 0 Å². The Balaban J connectivity index is 1.78. The zero-order valence-corrected chi connectivity index (χ0v) is 15.3. The average Bonchev–Trinajstić information content (AvgIpc) is 3.09. The molecule has 0 aliphatic rings. The van der Waals surface area contributed by atoms with Crippen LogP contribution in [0.5, 0.6) is 0 Å². The molecule has 0 aliphatic heterocycles. The van der Waals surface area contributed by atoms with E-state index in [9.17, 15) is 14.4 Å². The zero-order valence-electron chi connectivity index (χ0n) is 14.5. The second kappa shape index (κ2) is 8.53. The van der Waals surface area contributed by atoms with Gasteiger partial charge in [0.05, 0.1) is 0 Å². The number of pyridine rings is 1. The van der Waals surface area contributed by atoms with Crippen molar-refractivity contribution in [2.45, 2.75) is 12.5 Å². The average molecular weight is 402 g/mol. The zero-order chi connectivity index (χ0) is 20.1. The highest BCUT2D eigenvalue weighted by Crippen LogP contribution is 2.23. The van der Waals surface area contributed by atoms with Crippen molar-refractivity contribution in [2.75, 3.05) is 6.54 Å². The van der Waals surface area contributed by atoms with Crippen LogP contribution in [-0.4, -0.2) is 40.5 Å². The Kier molecular flexibility index (Phi) is 5.90. The maximum atomic E-state index is 12.6. The number of aromatic nitrogens is 1. The Labute approximate surface area is 164 Å². The van der Waals surface area contributed by atoms with Crippen molar-refractivity contribution >= 4 is 40.4 Å². The van der Waals surface area contributed by atoms with Gasteiger partial charge < -0.3 is 20.2 Å². The van der Waals surface area contributed by atoms with E-state index >= 15 is 0 Å². The van der Waals surface area contributed by atoms with E-state index in [1.165, 1.54) is 6.07 Å². The molecule has 0 saturated carbocycles. The van der Waals surface area contributed by atoms with Crippen molar-refractivity contribution in [1.29, 1.82) is 0 Å². The molecule has 3 aromatic rings. The van der Waals surface area contributed by atoms with Crippen LogP contribution in [-0.2, 0) is 16.0 Å². The minimum Gasteiger partial charge on any atom is -0.480 e. The summed E-state index contributed by atoms with van der Waals surface area (Å²) in [5.41, 5.74) is 1.04. The molecule has 144 valence electrons. The van der Waals surface area contributed by atoms with Gasteiger partial charge in [-0.25, -0.2) is 0 Å². The van der Waals surface area contributed by atoms with E-state index in [4.69, 9.17) is 21.1 Å². The van der Waals surface area contributed by atoms with E-state index in [-0.39, 0.29) is 12.2 Å². The van der Waals surface area contributed by atoms with Gasteiger partial charge in [-0.15, -0.1) is 0 Å². The van der Waals surface area contributed by atoms with E-state index in [0.717, 1.165) is 0 Å². The molecule has 0 aliphatic carbocycles. The predicted octanol–water partition coefficient (Wildman–Crippen LogP) is 2.02. The summed E-state index contributed by atoms with van der Waals surface area (Å²) in [6.07, 6.45) is 1.65. The van der Waals surface area contributed by atoms with Gasteiger partial charge in [-0.1, -0.05) is 17.7 Å². The molecular formula is C19H16ClN3O5. The summed E-state index contributed by atoms with van der Waals surface area (Å²) in [5, 5.41) is 14.7. The molecule has 2 amide bonds. The second-order valence-electron chi connectivity index (χ2n) is 5.96. The molecule has 0 saturated heterocycles. The predicted molar refractivity (Wildman–Crippen MR) is 101 cm³/mol. The number of aliphatic carboxylic acids is 1. The maximum absolute atomic E-state index is 12.6. The topological polar surface area (TPSA) is 122 Å². The van der Waals surface area contributed by atoms with Gasteiger partial charge in [-0.05, 0) is 36.4 Å². The number of benzene rings is 1. The van der Waals surface area contributed by atoms with Crippen LogP contribution in [0.4, 0.5) is 0 Å². The Bertz CT molecular complexity index is 1020. The SMILES string of the molecule is O=C(O)CNC(=O)[C@H](Cc1ccccn1)NC(=O)c1cc2cc(Cl)ccc2o1. The lowest BCUT2D eigenvalue weighted by atomic mass is 10.1. The number of amides is 2. The van der Waals surface area contributed by atoms with E-state index in [2.05, 4.69) is 15.6 Å². The molecule has 0 bridgehead atoms. The van der Waals surface area contributed by atoms with Crippen LogP contribution in [0.3, 0.4) is 0 Å². The molecule has 3 N–H and O–H groups in total. The molecule has 8 nitrogen and oxygen atoms in total. The number of rotatable bonds is 7. The summed E-state index contributed by atoms with van der Waals surface area (Å²) in [6.45, 7) is -0.559. The summed E-state index contributed by atoms with van der Waals surface area (Å²) in [6, 6.07) is 10.6. The first-order valence-electron chi connectivity index (χ1n) is 8.32. The fourth-order valence-corrected chi connectivity index (χ4v) is 2.76. The molecule has 28 heavy (non-hydrogen) atoms. The lowest BCUT2D eigenvalue weighted by Crippen LogP contribution is -2.49. The van der Waals surface area contributed by atoms with Crippen molar-refractivity contribution in [1.82, 2.24) is 15.6 Å². The van der Waals surface area contributed by atoms with E-state index < -0.39 is 30.4 Å². The number of fused-ring (bicyclic) bond motifs is 1. The number of carboxylic acid groups (broad SMARTS) is 1. The van der Waals surface area contributed by atoms with Gasteiger partial charge in [0.2, 0.25) is 5.91 Å². The summed E-state index contributed by atoms with van der Waals surface area (Å²) in [7, 11) is 0. The van der Waals surface area contributed by atoms with Gasteiger partial charge in [0, 0.05) is 28.7 Å². The highest BCUT2D eigenvalue weighted by Gasteiger charge is 2.24. The number of hydrogen-bond donors (Lipinski definition) is 3. The minimum absolute atomic E-state index is 0.00863. The van der Waals surface area contributed by atoms with Crippen LogP contribution in [0.1, 0.15) is 16.2 Å². The first-order valence-corrected chi connectivity index (χ1v) is 8.69. The van der Waals surface area contributed by atoms with Crippen LogP contribution in [0.25, 0.3) is 11.0 Å². The fraction of sp³-hybridized carbons (Fsp3) is 0.158. The summed E-state index contributed by atoms with van der Waals surface area (Å²) < 4.78 is 5.50. The van der Waals surface area contributed by atoms with Gasteiger partial charge in [-0.3, -0.25) is 19.4 Å². The van der Waals surface area contributed by atoms with Crippen LogP contribution in [0.2, 0.25) is 5.02 Å². The summed E-state index contributed by atoms with van der Waals surface area (Å²) >= 11 is 5.93. The van der Waals surface area contributed by atoms with Crippen LogP contribution in [0.15, 0.2) is 53.1 Å². The minimum atomic E-state index is -1.19. The van der Waals surface area contributed by atoms with Crippen LogP contribution < -0.4 is 10.6 Å². The first kappa shape index (κ1) is 19.4. The van der Waals surface area contributed by atoms with Gasteiger partial charge in [0.15, 0.2) is 5.76 Å². The largest absolute Gasteiger partial charge is 0.480 e. The third-order valence-corrected chi connectivity index (χ3v) is 4.11. The molecule has 0 radical (unpaired) electrons. The number of nitrogens with one attached hydrogen (secondary N) is 2. The summed E-state index contributed by atoms with van der Waals surface area (Å²) in [5.74, 6) is -2.43. The van der Waals surface area contributed by atoms with E-state index in [1.54, 1.807) is 42.6 Å². The van der Waals surface area contributed by atoms with E-state index in [1.807, 2.05) is 0 Å². The molecule has 1 atom stereocenters. The van der Waals surface area contributed by atoms with Crippen molar-refractivity contribution in [3.63, 3.8) is 0 Å². The molecule has 2 heterocycles. The molecule has 2 aromatic heterocycles. The first-order chi connectivity index (χ1) is 13.4. The molecular weight excluding hydrogens is 386 g/mol. The normalized spacial score (nSPS) is 11.8. The Hall–Kier alpha value is -3.39. The van der Waals surface area contributed by atoms with Crippen molar-refractivity contribution in [3.8, 4) is 0 Å².